The molecule has 1 aliphatic heterocycles. The minimum absolute atomic E-state index is 0.180. The van der Waals surface area contributed by atoms with Gasteiger partial charge in [-0.2, -0.15) is 0 Å². The number of carbonyl (C=O) groups excluding carboxylic acids is 1. The van der Waals surface area contributed by atoms with Crippen LogP contribution in [0.5, 0.6) is 0 Å². The molecule has 6 nitrogen and oxygen atoms in total. The molecular formula is C12H16Cl2N4O2. The van der Waals surface area contributed by atoms with Gasteiger partial charge in [-0.05, 0) is 0 Å². The van der Waals surface area contributed by atoms with E-state index in [2.05, 4.69) is 24.7 Å². The number of piperazine rings is 1. The second-order valence-corrected chi connectivity index (χ2v) is 5.24. The van der Waals surface area contributed by atoms with Gasteiger partial charge in [-0.1, -0.05) is 23.2 Å². The van der Waals surface area contributed by atoms with Crippen LogP contribution >= 0.6 is 23.2 Å². The molecule has 0 amide bonds. The summed E-state index contributed by atoms with van der Waals surface area (Å²) in [6.07, 6.45) is 0.417. The van der Waals surface area contributed by atoms with E-state index in [4.69, 9.17) is 23.2 Å². The third kappa shape index (κ3) is 3.94. The topological polar surface area (TPSA) is 58.6 Å². The van der Waals surface area contributed by atoms with Crippen molar-refractivity contribution in [3.63, 3.8) is 0 Å². The quantitative estimate of drug-likeness (QED) is 0.783. The lowest BCUT2D eigenvalue weighted by molar-refractivity contribution is -0.141. The first-order valence-corrected chi connectivity index (χ1v) is 7.08. The van der Waals surface area contributed by atoms with Gasteiger partial charge in [0, 0.05) is 38.8 Å². The second-order valence-electron chi connectivity index (χ2n) is 4.50. The van der Waals surface area contributed by atoms with Crippen LogP contribution in [-0.4, -0.2) is 60.9 Å². The Morgan fingerprint density at radius 3 is 2.65 bits per heavy atom. The molecule has 0 saturated carbocycles. The van der Waals surface area contributed by atoms with Gasteiger partial charge in [0.15, 0.2) is 10.3 Å². The number of rotatable bonds is 4. The van der Waals surface area contributed by atoms with Crippen LogP contribution in [0.15, 0.2) is 6.07 Å². The Kier molecular flexibility index (Phi) is 5.39. The number of ether oxygens (including phenoxy) is 1. The standard InChI is InChI=1S/C12H16Cl2N4O2/c1-20-11(19)2-3-17-4-6-18(7-5-17)9-8-10(13)15-16-12(9)14/h8H,2-7H2,1H3. The molecule has 2 heterocycles. The van der Waals surface area contributed by atoms with Crippen LogP contribution in [0.1, 0.15) is 6.42 Å². The van der Waals surface area contributed by atoms with Crippen molar-refractivity contribution in [3.05, 3.63) is 16.4 Å². The highest BCUT2D eigenvalue weighted by atomic mass is 35.5. The molecule has 0 atom stereocenters. The maximum absolute atomic E-state index is 11.1. The number of methoxy groups -OCH3 is 1. The van der Waals surface area contributed by atoms with E-state index in [0.717, 1.165) is 31.9 Å². The van der Waals surface area contributed by atoms with Crippen molar-refractivity contribution < 1.29 is 9.53 Å². The zero-order valence-electron chi connectivity index (χ0n) is 11.2. The molecule has 0 unspecified atom stereocenters. The number of carbonyl (C=O) groups is 1. The van der Waals surface area contributed by atoms with E-state index in [1.54, 1.807) is 6.07 Å². The van der Waals surface area contributed by atoms with Gasteiger partial charge in [-0.25, -0.2) is 0 Å². The Bertz CT molecular complexity index is 479. The molecule has 0 N–H and O–H groups in total. The second kappa shape index (κ2) is 7.06. The fraction of sp³-hybridized carbons (Fsp3) is 0.583. The summed E-state index contributed by atoms with van der Waals surface area (Å²) in [6.45, 7) is 4.04. The van der Waals surface area contributed by atoms with Crippen LogP contribution in [0.3, 0.4) is 0 Å². The summed E-state index contributed by atoms with van der Waals surface area (Å²) < 4.78 is 4.64. The summed E-state index contributed by atoms with van der Waals surface area (Å²) in [6, 6.07) is 1.72. The third-order valence-corrected chi connectivity index (χ3v) is 3.73. The van der Waals surface area contributed by atoms with E-state index in [1.165, 1.54) is 7.11 Å². The van der Waals surface area contributed by atoms with E-state index >= 15 is 0 Å². The number of hydrogen-bond donors (Lipinski definition) is 0. The highest BCUT2D eigenvalue weighted by Crippen LogP contribution is 2.26. The molecule has 0 spiro atoms. The SMILES string of the molecule is COC(=O)CCN1CCN(c2cc(Cl)nnc2Cl)CC1. The molecule has 2 rings (SSSR count). The number of anilines is 1. The van der Waals surface area contributed by atoms with Crippen molar-refractivity contribution >= 4 is 34.9 Å². The molecule has 1 saturated heterocycles. The summed E-state index contributed by atoms with van der Waals surface area (Å²) in [5.74, 6) is -0.180. The minimum Gasteiger partial charge on any atom is -0.469 e. The van der Waals surface area contributed by atoms with E-state index in [0.29, 0.717) is 23.3 Å². The zero-order chi connectivity index (χ0) is 14.5. The predicted octanol–water partition coefficient (Wildman–Crippen LogP) is 1.47. The summed E-state index contributed by atoms with van der Waals surface area (Å²) in [7, 11) is 1.41. The van der Waals surface area contributed by atoms with Crippen molar-refractivity contribution in [2.24, 2.45) is 0 Å². The van der Waals surface area contributed by atoms with Gasteiger partial charge in [0.25, 0.3) is 0 Å². The Morgan fingerprint density at radius 1 is 1.30 bits per heavy atom. The molecule has 1 aromatic heterocycles. The number of halogens is 2. The fourth-order valence-electron chi connectivity index (χ4n) is 2.13. The Morgan fingerprint density at radius 2 is 2.00 bits per heavy atom. The van der Waals surface area contributed by atoms with Gasteiger partial charge in [0.1, 0.15) is 0 Å². The number of esters is 1. The smallest absolute Gasteiger partial charge is 0.306 e. The first-order chi connectivity index (χ1) is 9.60. The summed E-state index contributed by atoms with van der Waals surface area (Å²) >= 11 is 11.9. The fourth-order valence-corrected chi connectivity index (χ4v) is 2.48. The van der Waals surface area contributed by atoms with Crippen molar-refractivity contribution in [1.29, 1.82) is 0 Å². The van der Waals surface area contributed by atoms with Crippen LogP contribution in [0.25, 0.3) is 0 Å². The highest BCUT2D eigenvalue weighted by molar-refractivity contribution is 6.33. The molecular weight excluding hydrogens is 303 g/mol. The maximum Gasteiger partial charge on any atom is 0.306 e. The predicted molar refractivity (Wildman–Crippen MR) is 77.3 cm³/mol. The van der Waals surface area contributed by atoms with Crippen LogP contribution in [-0.2, 0) is 9.53 Å². The van der Waals surface area contributed by atoms with Crippen molar-refractivity contribution in [2.45, 2.75) is 6.42 Å². The van der Waals surface area contributed by atoms with Gasteiger partial charge in [-0.3, -0.25) is 9.69 Å². The van der Waals surface area contributed by atoms with Crippen molar-refractivity contribution in [2.75, 3.05) is 44.7 Å². The van der Waals surface area contributed by atoms with Gasteiger partial charge in [0.05, 0.1) is 19.2 Å². The third-order valence-electron chi connectivity index (χ3n) is 3.27. The largest absolute Gasteiger partial charge is 0.469 e. The molecule has 0 aliphatic carbocycles. The molecule has 1 aromatic rings. The van der Waals surface area contributed by atoms with Crippen molar-refractivity contribution in [3.8, 4) is 0 Å². The van der Waals surface area contributed by atoms with E-state index in [1.807, 2.05) is 0 Å². The first kappa shape index (κ1) is 15.3. The summed E-state index contributed by atoms with van der Waals surface area (Å²) in [5, 5.41) is 8.20. The van der Waals surface area contributed by atoms with Crippen LogP contribution < -0.4 is 4.90 Å². The minimum atomic E-state index is -0.180. The van der Waals surface area contributed by atoms with Gasteiger partial charge in [0.2, 0.25) is 0 Å². The Labute approximate surface area is 127 Å². The number of nitrogens with zero attached hydrogens (tertiary/aromatic N) is 4. The lowest BCUT2D eigenvalue weighted by Gasteiger charge is -2.35. The van der Waals surface area contributed by atoms with Gasteiger partial charge < -0.3 is 9.64 Å². The highest BCUT2D eigenvalue weighted by Gasteiger charge is 2.20. The zero-order valence-corrected chi connectivity index (χ0v) is 12.7. The number of hydrogen-bond acceptors (Lipinski definition) is 6. The first-order valence-electron chi connectivity index (χ1n) is 6.33. The molecule has 0 bridgehead atoms. The summed E-state index contributed by atoms with van der Waals surface area (Å²) in [5.41, 5.74) is 0.805. The van der Waals surface area contributed by atoms with Crippen LogP contribution in [0.4, 0.5) is 5.69 Å². The van der Waals surface area contributed by atoms with Crippen LogP contribution in [0.2, 0.25) is 10.3 Å². The van der Waals surface area contributed by atoms with Crippen molar-refractivity contribution in [1.82, 2.24) is 15.1 Å². The Hall–Kier alpha value is -1.11. The number of aromatic nitrogens is 2. The normalized spacial score (nSPS) is 16.2. The maximum atomic E-state index is 11.1. The molecule has 1 fully saturated rings. The molecule has 1 aliphatic rings. The molecule has 20 heavy (non-hydrogen) atoms. The van der Waals surface area contributed by atoms with Gasteiger partial charge in [-0.15, -0.1) is 10.2 Å². The van der Waals surface area contributed by atoms with E-state index in [-0.39, 0.29) is 5.97 Å². The van der Waals surface area contributed by atoms with Gasteiger partial charge >= 0.3 is 5.97 Å². The molecule has 8 heteroatoms. The average Bonchev–Trinajstić information content (AvgIpc) is 2.48. The van der Waals surface area contributed by atoms with E-state index < -0.39 is 0 Å². The monoisotopic (exact) mass is 318 g/mol. The molecule has 0 aromatic carbocycles. The molecule has 0 radical (unpaired) electrons. The summed E-state index contributed by atoms with van der Waals surface area (Å²) in [4.78, 5) is 15.5. The van der Waals surface area contributed by atoms with Crippen LogP contribution in [0, 0.1) is 0 Å². The average molecular weight is 319 g/mol. The van der Waals surface area contributed by atoms with E-state index in [9.17, 15) is 4.79 Å². The lowest BCUT2D eigenvalue weighted by Crippen LogP contribution is -2.47. The Balaban J connectivity index is 1.88. The lowest BCUT2D eigenvalue weighted by atomic mass is 10.2. The molecule has 110 valence electrons.